The molecule has 1 aromatic heterocycles. The summed E-state index contributed by atoms with van der Waals surface area (Å²) in [5.41, 5.74) is 0.273. The maximum Gasteiger partial charge on any atom is 0.426 e. The van der Waals surface area contributed by atoms with E-state index in [-0.39, 0.29) is 5.13 Å². The van der Waals surface area contributed by atoms with Crippen molar-refractivity contribution < 1.29 is 19.1 Å². The number of hydrogen-bond acceptors (Lipinski definition) is 6. The van der Waals surface area contributed by atoms with Gasteiger partial charge in [-0.15, -0.1) is 0 Å². The van der Waals surface area contributed by atoms with Gasteiger partial charge in [-0.25, -0.2) is 14.6 Å². The molecule has 0 radical (unpaired) electrons. The molecular weight excluding hydrogens is 420 g/mol. The first-order valence-electron chi connectivity index (χ1n) is 8.11. The van der Waals surface area contributed by atoms with Crippen LogP contribution in [0, 0.1) is 0 Å². The Labute approximate surface area is 165 Å². The lowest BCUT2D eigenvalue weighted by Crippen LogP contribution is -2.43. The number of halogens is 1. The summed E-state index contributed by atoms with van der Waals surface area (Å²) in [6, 6.07) is 5.76. The monoisotopic (exact) mass is 442 g/mol. The molecule has 26 heavy (non-hydrogen) atoms. The number of hydrogen-bond donors (Lipinski definition) is 0. The second kappa shape index (κ2) is 7.52. The SMILES string of the molecule is CC(C)(C)OC(=O)N(C(=O)OC(C)(C)C)c1nc2ccc(CBr)cc2s1. The zero-order chi connectivity index (χ0) is 19.7. The number of amides is 2. The zero-order valence-corrected chi connectivity index (χ0v) is 18.2. The topological polar surface area (TPSA) is 68.7 Å². The number of alkyl halides is 1. The molecule has 2 rings (SSSR count). The van der Waals surface area contributed by atoms with Crippen molar-refractivity contribution in [2.45, 2.75) is 58.1 Å². The van der Waals surface area contributed by atoms with E-state index in [9.17, 15) is 9.59 Å². The molecule has 2 amide bonds. The van der Waals surface area contributed by atoms with Crippen LogP contribution in [0.3, 0.4) is 0 Å². The van der Waals surface area contributed by atoms with Crippen LogP contribution in [0.4, 0.5) is 14.7 Å². The molecule has 0 aliphatic heterocycles. The highest BCUT2D eigenvalue weighted by Gasteiger charge is 2.34. The Hall–Kier alpha value is -1.67. The van der Waals surface area contributed by atoms with Gasteiger partial charge < -0.3 is 9.47 Å². The summed E-state index contributed by atoms with van der Waals surface area (Å²) in [6.07, 6.45) is -1.63. The van der Waals surface area contributed by atoms with Crippen LogP contribution < -0.4 is 4.90 Å². The Bertz CT molecular complexity index is 793. The molecule has 0 saturated heterocycles. The van der Waals surface area contributed by atoms with Crippen molar-refractivity contribution in [3.8, 4) is 0 Å². The number of ether oxygens (including phenoxy) is 2. The van der Waals surface area contributed by atoms with Crippen LogP contribution in [0.15, 0.2) is 18.2 Å². The maximum absolute atomic E-state index is 12.6. The van der Waals surface area contributed by atoms with Gasteiger partial charge in [0, 0.05) is 5.33 Å². The van der Waals surface area contributed by atoms with Crippen molar-refractivity contribution in [2.24, 2.45) is 0 Å². The lowest BCUT2D eigenvalue weighted by Gasteiger charge is -2.27. The predicted octanol–water partition coefficient (Wildman–Crippen LogP) is 5.87. The lowest BCUT2D eigenvalue weighted by molar-refractivity contribution is 0.0431. The molecule has 0 atom stereocenters. The summed E-state index contributed by atoms with van der Waals surface area (Å²) in [5, 5.41) is 0.924. The minimum absolute atomic E-state index is 0.218. The average Bonchev–Trinajstić information content (AvgIpc) is 2.85. The summed E-state index contributed by atoms with van der Waals surface area (Å²) < 4.78 is 11.6. The van der Waals surface area contributed by atoms with Gasteiger partial charge in [0.25, 0.3) is 0 Å². The largest absolute Gasteiger partial charge is 0.443 e. The van der Waals surface area contributed by atoms with Crippen molar-refractivity contribution in [3.05, 3.63) is 23.8 Å². The minimum Gasteiger partial charge on any atom is -0.443 e. The number of nitrogens with zero attached hydrogens (tertiary/aromatic N) is 2. The summed E-state index contributed by atoms with van der Waals surface area (Å²) in [7, 11) is 0. The lowest BCUT2D eigenvalue weighted by atomic mass is 10.2. The molecule has 8 heteroatoms. The normalized spacial score (nSPS) is 12.1. The van der Waals surface area contributed by atoms with Gasteiger partial charge in [0.15, 0.2) is 0 Å². The Balaban J connectivity index is 2.45. The van der Waals surface area contributed by atoms with Gasteiger partial charge in [-0.1, -0.05) is 33.3 Å². The van der Waals surface area contributed by atoms with Crippen LogP contribution in [-0.4, -0.2) is 28.4 Å². The molecule has 0 unspecified atom stereocenters. The highest BCUT2D eigenvalue weighted by Crippen LogP contribution is 2.32. The van der Waals surface area contributed by atoms with Crippen LogP contribution >= 0.6 is 27.3 Å². The first kappa shape index (κ1) is 20.6. The highest BCUT2D eigenvalue weighted by atomic mass is 79.9. The predicted molar refractivity (Wildman–Crippen MR) is 107 cm³/mol. The number of rotatable bonds is 2. The molecule has 0 N–H and O–H groups in total. The van der Waals surface area contributed by atoms with E-state index < -0.39 is 23.4 Å². The van der Waals surface area contributed by atoms with Crippen molar-refractivity contribution in [1.29, 1.82) is 0 Å². The number of aromatic nitrogens is 1. The van der Waals surface area contributed by atoms with E-state index in [2.05, 4.69) is 20.9 Å². The molecular formula is C18H23BrN2O4S. The molecule has 1 aromatic carbocycles. The van der Waals surface area contributed by atoms with Gasteiger partial charge in [0.05, 0.1) is 10.2 Å². The van der Waals surface area contributed by atoms with Gasteiger partial charge >= 0.3 is 12.2 Å². The maximum atomic E-state index is 12.6. The molecule has 6 nitrogen and oxygen atoms in total. The van der Waals surface area contributed by atoms with Crippen LogP contribution in [0.2, 0.25) is 0 Å². The van der Waals surface area contributed by atoms with Crippen molar-refractivity contribution in [3.63, 3.8) is 0 Å². The van der Waals surface area contributed by atoms with Gasteiger partial charge in [-0.2, -0.15) is 4.90 Å². The van der Waals surface area contributed by atoms with Crippen LogP contribution in [0.5, 0.6) is 0 Å². The Morgan fingerprint density at radius 3 is 2.08 bits per heavy atom. The summed E-state index contributed by atoms with van der Waals surface area (Å²) in [6.45, 7) is 10.4. The van der Waals surface area contributed by atoms with Crippen LogP contribution in [-0.2, 0) is 14.8 Å². The molecule has 2 aromatic rings. The third-order valence-corrected chi connectivity index (χ3v) is 4.59. The van der Waals surface area contributed by atoms with Gasteiger partial charge in [0.1, 0.15) is 11.2 Å². The molecule has 0 bridgehead atoms. The molecule has 142 valence electrons. The standard InChI is InChI=1S/C18H23BrN2O4S/c1-17(2,3)24-15(22)21(16(23)25-18(4,5)6)14-20-12-8-7-11(10-19)9-13(12)26-14/h7-9H,10H2,1-6H3. The molecule has 0 spiro atoms. The molecule has 0 fully saturated rings. The fourth-order valence-electron chi connectivity index (χ4n) is 1.98. The number of fused-ring (bicyclic) bond motifs is 1. The van der Waals surface area contributed by atoms with Gasteiger partial charge in [0.2, 0.25) is 5.13 Å². The smallest absolute Gasteiger partial charge is 0.426 e. The Morgan fingerprint density at radius 2 is 1.62 bits per heavy atom. The number of carbonyl (C=O) groups is 2. The van der Waals surface area contributed by atoms with E-state index in [0.717, 1.165) is 15.2 Å². The summed E-state index contributed by atoms with van der Waals surface area (Å²) >= 11 is 4.65. The van der Waals surface area contributed by atoms with Gasteiger partial charge in [-0.3, -0.25) is 0 Å². The third-order valence-electron chi connectivity index (χ3n) is 2.94. The quantitative estimate of drug-likeness (QED) is 0.543. The molecule has 0 aliphatic rings. The molecule has 0 aliphatic carbocycles. The number of anilines is 1. The fourth-order valence-corrected chi connectivity index (χ4v) is 3.34. The van der Waals surface area contributed by atoms with Crippen molar-refractivity contribution in [2.75, 3.05) is 4.90 Å². The van der Waals surface area contributed by atoms with Crippen LogP contribution in [0.1, 0.15) is 47.1 Å². The van der Waals surface area contributed by atoms with E-state index >= 15 is 0 Å². The van der Waals surface area contributed by atoms with Crippen molar-refractivity contribution in [1.82, 2.24) is 4.98 Å². The van der Waals surface area contributed by atoms with E-state index in [1.165, 1.54) is 11.3 Å². The third kappa shape index (κ3) is 5.41. The Morgan fingerprint density at radius 1 is 1.08 bits per heavy atom. The van der Waals surface area contributed by atoms with E-state index in [1.54, 1.807) is 41.5 Å². The average molecular weight is 443 g/mol. The molecule has 0 saturated carbocycles. The summed E-state index contributed by atoms with van der Waals surface area (Å²) in [4.78, 5) is 30.6. The highest BCUT2D eigenvalue weighted by molar-refractivity contribution is 9.08. The number of thiazole rings is 1. The minimum atomic E-state index is -0.813. The number of carbonyl (C=O) groups excluding carboxylic acids is 2. The number of benzene rings is 1. The second-order valence-electron chi connectivity index (χ2n) is 7.73. The molecule has 1 heterocycles. The van der Waals surface area contributed by atoms with Crippen LogP contribution in [0.25, 0.3) is 10.2 Å². The zero-order valence-electron chi connectivity index (χ0n) is 15.8. The number of imide groups is 1. The van der Waals surface area contributed by atoms with E-state index in [0.29, 0.717) is 10.8 Å². The Kier molecular flexibility index (Phi) is 5.97. The van der Waals surface area contributed by atoms with Crippen molar-refractivity contribution >= 4 is 54.8 Å². The second-order valence-corrected chi connectivity index (χ2v) is 9.30. The summed E-state index contributed by atoms with van der Waals surface area (Å²) in [5.74, 6) is 0. The van der Waals surface area contributed by atoms with Gasteiger partial charge in [-0.05, 0) is 59.2 Å². The van der Waals surface area contributed by atoms with E-state index in [1.807, 2.05) is 18.2 Å². The first-order chi connectivity index (χ1) is 11.9. The fraction of sp³-hybridized carbons (Fsp3) is 0.500. The van der Waals surface area contributed by atoms with E-state index in [4.69, 9.17) is 9.47 Å². The first-order valence-corrected chi connectivity index (χ1v) is 10.0.